The van der Waals surface area contributed by atoms with E-state index in [0.29, 0.717) is 0 Å². The van der Waals surface area contributed by atoms with E-state index in [2.05, 4.69) is 31.3 Å². The minimum absolute atomic E-state index is 0.732. The summed E-state index contributed by atoms with van der Waals surface area (Å²) in [5.74, 6) is 1.69. The van der Waals surface area contributed by atoms with Crippen LogP contribution in [0, 0.1) is 11.8 Å². The highest BCUT2D eigenvalue weighted by atomic mass is 15.5. The number of nitrogens with one attached hydrogen (secondary N) is 1. The van der Waals surface area contributed by atoms with Gasteiger partial charge < -0.3 is 0 Å². The van der Waals surface area contributed by atoms with Gasteiger partial charge in [-0.2, -0.15) is 0 Å². The fourth-order valence-corrected chi connectivity index (χ4v) is 3.11. The van der Waals surface area contributed by atoms with Gasteiger partial charge in [0.05, 0.1) is 0 Å². The maximum absolute atomic E-state index is 3.63. The van der Waals surface area contributed by atoms with Crippen LogP contribution in [0.3, 0.4) is 0 Å². The van der Waals surface area contributed by atoms with E-state index in [4.69, 9.17) is 0 Å². The Bertz CT molecular complexity index is 179. The van der Waals surface area contributed by atoms with Crippen molar-refractivity contribution in [1.29, 1.82) is 0 Å². The molecule has 2 heteroatoms. The Morgan fingerprint density at radius 3 is 2.62 bits per heavy atom. The molecular formula is C11H22N2. The Balaban J connectivity index is 2.08. The third-order valence-electron chi connectivity index (χ3n) is 3.81. The molecule has 1 saturated heterocycles. The molecule has 2 fully saturated rings. The number of hydrogen-bond donors (Lipinski definition) is 1. The predicted octanol–water partition coefficient (Wildman–Crippen LogP) is 2.02. The second-order valence-electron chi connectivity index (χ2n) is 5.03. The zero-order valence-electron chi connectivity index (χ0n) is 9.09. The van der Waals surface area contributed by atoms with Crippen molar-refractivity contribution in [1.82, 2.24) is 10.4 Å². The molecule has 0 radical (unpaired) electrons. The summed E-state index contributed by atoms with van der Waals surface area (Å²) in [6.07, 6.45) is 5.71. The SMILES string of the molecule is CC(C)C1NN(C)C2CCCCC12. The van der Waals surface area contributed by atoms with E-state index in [1.54, 1.807) is 0 Å². The molecule has 2 rings (SSSR count). The van der Waals surface area contributed by atoms with Crippen LogP contribution in [-0.4, -0.2) is 24.1 Å². The lowest BCUT2D eigenvalue weighted by molar-refractivity contribution is 0.181. The van der Waals surface area contributed by atoms with Crippen LogP contribution >= 0.6 is 0 Å². The van der Waals surface area contributed by atoms with Crippen molar-refractivity contribution >= 4 is 0 Å². The predicted molar refractivity (Wildman–Crippen MR) is 55.3 cm³/mol. The molecule has 0 aromatic carbocycles. The summed E-state index contributed by atoms with van der Waals surface area (Å²) < 4.78 is 0. The Labute approximate surface area is 81.7 Å². The summed E-state index contributed by atoms with van der Waals surface area (Å²) in [4.78, 5) is 0. The summed E-state index contributed by atoms with van der Waals surface area (Å²) in [7, 11) is 2.21. The van der Waals surface area contributed by atoms with Gasteiger partial charge in [-0.15, -0.1) is 0 Å². The van der Waals surface area contributed by atoms with E-state index in [9.17, 15) is 0 Å². The van der Waals surface area contributed by atoms with Gasteiger partial charge in [0, 0.05) is 19.1 Å². The van der Waals surface area contributed by atoms with E-state index in [0.717, 1.165) is 23.9 Å². The van der Waals surface area contributed by atoms with Gasteiger partial charge in [0.2, 0.25) is 0 Å². The second-order valence-corrected chi connectivity index (χ2v) is 5.03. The average molecular weight is 182 g/mol. The van der Waals surface area contributed by atoms with Crippen molar-refractivity contribution in [2.75, 3.05) is 7.05 Å². The molecule has 2 nitrogen and oxygen atoms in total. The first kappa shape index (κ1) is 9.47. The molecule has 0 amide bonds. The normalized spacial score (nSPS) is 41.1. The first-order valence-electron chi connectivity index (χ1n) is 5.69. The molecule has 3 unspecified atom stereocenters. The van der Waals surface area contributed by atoms with Crippen molar-refractivity contribution in [2.24, 2.45) is 11.8 Å². The molecule has 76 valence electrons. The Morgan fingerprint density at radius 2 is 1.92 bits per heavy atom. The third kappa shape index (κ3) is 1.62. The Morgan fingerprint density at radius 1 is 1.23 bits per heavy atom. The zero-order valence-corrected chi connectivity index (χ0v) is 9.09. The highest BCUT2D eigenvalue weighted by Gasteiger charge is 2.41. The first-order chi connectivity index (χ1) is 6.20. The minimum atomic E-state index is 0.732. The van der Waals surface area contributed by atoms with E-state index < -0.39 is 0 Å². The summed E-state index contributed by atoms with van der Waals surface area (Å²) in [6.45, 7) is 4.67. The van der Waals surface area contributed by atoms with Gasteiger partial charge in [0.25, 0.3) is 0 Å². The molecule has 2 aliphatic rings. The Kier molecular flexibility index (Phi) is 2.61. The quantitative estimate of drug-likeness (QED) is 0.667. The van der Waals surface area contributed by atoms with Crippen LogP contribution in [0.2, 0.25) is 0 Å². The summed E-state index contributed by atoms with van der Waals surface area (Å²) >= 11 is 0. The van der Waals surface area contributed by atoms with Crippen molar-refractivity contribution < 1.29 is 0 Å². The van der Waals surface area contributed by atoms with Crippen LogP contribution in [0.5, 0.6) is 0 Å². The monoisotopic (exact) mass is 182 g/mol. The van der Waals surface area contributed by atoms with Crippen LogP contribution in [0.1, 0.15) is 39.5 Å². The second kappa shape index (κ2) is 3.58. The smallest absolute Gasteiger partial charge is 0.0284 e. The van der Waals surface area contributed by atoms with Crippen LogP contribution in [0.25, 0.3) is 0 Å². The van der Waals surface area contributed by atoms with Crippen molar-refractivity contribution in [3.05, 3.63) is 0 Å². The van der Waals surface area contributed by atoms with Crippen LogP contribution in [0.15, 0.2) is 0 Å². The third-order valence-corrected chi connectivity index (χ3v) is 3.81. The molecule has 3 atom stereocenters. The summed E-state index contributed by atoms with van der Waals surface area (Å²) in [5, 5.41) is 2.37. The molecule has 1 saturated carbocycles. The van der Waals surface area contributed by atoms with E-state index >= 15 is 0 Å². The molecule has 0 aromatic rings. The number of hydrazine groups is 1. The highest BCUT2D eigenvalue weighted by Crippen LogP contribution is 2.36. The Hall–Kier alpha value is -0.0800. The minimum Gasteiger partial charge on any atom is -0.252 e. The van der Waals surface area contributed by atoms with Gasteiger partial charge in [-0.3, -0.25) is 5.43 Å². The van der Waals surface area contributed by atoms with Crippen molar-refractivity contribution in [3.63, 3.8) is 0 Å². The topological polar surface area (TPSA) is 15.3 Å². The van der Waals surface area contributed by atoms with Crippen molar-refractivity contribution in [2.45, 2.75) is 51.6 Å². The van der Waals surface area contributed by atoms with Gasteiger partial charge in [0.1, 0.15) is 0 Å². The molecule has 1 aliphatic carbocycles. The van der Waals surface area contributed by atoms with Crippen LogP contribution in [0.4, 0.5) is 0 Å². The molecular weight excluding hydrogens is 160 g/mol. The zero-order chi connectivity index (χ0) is 9.42. The highest BCUT2D eigenvalue weighted by molar-refractivity contribution is 4.95. The first-order valence-corrected chi connectivity index (χ1v) is 5.69. The van der Waals surface area contributed by atoms with Crippen LogP contribution in [-0.2, 0) is 0 Å². The lowest BCUT2D eigenvalue weighted by atomic mass is 9.78. The fourth-order valence-electron chi connectivity index (χ4n) is 3.11. The van der Waals surface area contributed by atoms with E-state index in [-0.39, 0.29) is 0 Å². The number of fused-ring (bicyclic) bond motifs is 1. The van der Waals surface area contributed by atoms with Gasteiger partial charge in [0.15, 0.2) is 0 Å². The van der Waals surface area contributed by atoms with Crippen LogP contribution < -0.4 is 5.43 Å². The molecule has 1 heterocycles. The largest absolute Gasteiger partial charge is 0.252 e. The average Bonchev–Trinajstić information content (AvgIpc) is 2.45. The number of hydrogen-bond acceptors (Lipinski definition) is 2. The lowest BCUT2D eigenvalue weighted by Crippen LogP contribution is -2.37. The number of rotatable bonds is 1. The van der Waals surface area contributed by atoms with Gasteiger partial charge >= 0.3 is 0 Å². The van der Waals surface area contributed by atoms with Gasteiger partial charge in [-0.25, -0.2) is 5.01 Å². The standard InChI is InChI=1S/C11H22N2/c1-8(2)11-9-6-4-5-7-10(9)13(3)12-11/h8-12H,4-7H2,1-3H3. The number of nitrogens with zero attached hydrogens (tertiary/aromatic N) is 1. The molecule has 13 heavy (non-hydrogen) atoms. The molecule has 0 aromatic heterocycles. The maximum Gasteiger partial charge on any atom is 0.0284 e. The van der Waals surface area contributed by atoms with E-state index in [1.807, 2.05) is 0 Å². The molecule has 1 N–H and O–H groups in total. The van der Waals surface area contributed by atoms with Gasteiger partial charge in [-0.1, -0.05) is 26.7 Å². The molecule has 0 spiro atoms. The summed E-state index contributed by atoms with van der Waals surface area (Å²) in [5.41, 5.74) is 3.63. The van der Waals surface area contributed by atoms with Gasteiger partial charge in [-0.05, 0) is 24.7 Å². The lowest BCUT2D eigenvalue weighted by Gasteiger charge is -2.30. The van der Waals surface area contributed by atoms with E-state index in [1.165, 1.54) is 25.7 Å². The molecule has 0 bridgehead atoms. The molecule has 1 aliphatic heterocycles. The summed E-state index contributed by atoms with van der Waals surface area (Å²) in [6, 6.07) is 1.55. The van der Waals surface area contributed by atoms with Crippen molar-refractivity contribution in [3.8, 4) is 0 Å². The maximum atomic E-state index is 3.63. The fraction of sp³-hybridized carbons (Fsp3) is 1.00.